The van der Waals surface area contributed by atoms with Crippen molar-refractivity contribution in [2.75, 3.05) is 6.16 Å². The Kier molecular flexibility index (Phi) is 7.97. The zero-order valence-electron chi connectivity index (χ0n) is 16.6. The SMILES string of the molecule is O=C(O)C(Cc1ccccc1)CP(=O)(OCc1ccccc1)OCc1ccccc1. The van der Waals surface area contributed by atoms with Gasteiger partial charge in [0, 0.05) is 0 Å². The molecule has 3 aromatic rings. The van der Waals surface area contributed by atoms with E-state index in [9.17, 15) is 14.5 Å². The standard InChI is InChI=1S/C24H25O5P/c25-24(26)23(16-20-10-4-1-5-11-20)19-30(27,28-17-21-12-6-2-7-13-21)29-18-22-14-8-3-9-15-22/h1-15,23H,16-19H2,(H,25,26). The Morgan fingerprint density at radius 2 is 1.13 bits per heavy atom. The van der Waals surface area contributed by atoms with Crippen molar-refractivity contribution in [3.8, 4) is 0 Å². The lowest BCUT2D eigenvalue weighted by atomic mass is 10.0. The summed E-state index contributed by atoms with van der Waals surface area (Å²) in [6, 6.07) is 28.0. The summed E-state index contributed by atoms with van der Waals surface area (Å²) in [5, 5.41) is 9.74. The second-order valence-corrected chi connectivity index (χ2v) is 9.14. The molecule has 0 aromatic heterocycles. The van der Waals surface area contributed by atoms with Crippen LogP contribution in [0.25, 0.3) is 0 Å². The first-order valence-electron chi connectivity index (χ1n) is 9.77. The third-order valence-corrected chi connectivity index (χ3v) is 6.59. The zero-order valence-corrected chi connectivity index (χ0v) is 17.5. The van der Waals surface area contributed by atoms with Gasteiger partial charge in [-0.15, -0.1) is 0 Å². The molecule has 0 amide bonds. The summed E-state index contributed by atoms with van der Waals surface area (Å²) in [5.41, 5.74) is 2.55. The number of benzene rings is 3. The minimum Gasteiger partial charge on any atom is -0.481 e. The van der Waals surface area contributed by atoms with E-state index in [0.717, 1.165) is 16.7 Å². The van der Waals surface area contributed by atoms with Crippen molar-refractivity contribution in [2.45, 2.75) is 19.6 Å². The second-order valence-electron chi connectivity index (χ2n) is 7.04. The molecule has 3 rings (SSSR count). The van der Waals surface area contributed by atoms with Crippen LogP contribution in [0.1, 0.15) is 16.7 Å². The van der Waals surface area contributed by atoms with Crippen molar-refractivity contribution in [1.82, 2.24) is 0 Å². The first-order valence-corrected chi connectivity index (χ1v) is 11.5. The van der Waals surface area contributed by atoms with Gasteiger partial charge >= 0.3 is 13.6 Å². The molecule has 0 fully saturated rings. The smallest absolute Gasteiger partial charge is 0.332 e. The normalized spacial score (nSPS) is 12.4. The summed E-state index contributed by atoms with van der Waals surface area (Å²) in [6.45, 7) is 0.176. The fraction of sp³-hybridized carbons (Fsp3) is 0.208. The molecule has 0 saturated carbocycles. The number of carbonyl (C=O) groups is 1. The Morgan fingerprint density at radius 1 is 0.733 bits per heavy atom. The van der Waals surface area contributed by atoms with Gasteiger partial charge in [0.05, 0.1) is 25.3 Å². The van der Waals surface area contributed by atoms with Crippen LogP contribution >= 0.6 is 7.60 Å². The van der Waals surface area contributed by atoms with Crippen LogP contribution in [-0.4, -0.2) is 17.2 Å². The van der Waals surface area contributed by atoms with Crippen molar-refractivity contribution in [3.63, 3.8) is 0 Å². The van der Waals surface area contributed by atoms with Gasteiger partial charge in [0.2, 0.25) is 0 Å². The van der Waals surface area contributed by atoms with Gasteiger partial charge in [0.15, 0.2) is 0 Å². The van der Waals surface area contributed by atoms with Crippen LogP contribution in [0.15, 0.2) is 91.0 Å². The average molecular weight is 424 g/mol. The summed E-state index contributed by atoms with van der Waals surface area (Å²) in [5.74, 6) is -1.91. The molecule has 0 aliphatic carbocycles. The van der Waals surface area contributed by atoms with Crippen molar-refractivity contribution in [1.29, 1.82) is 0 Å². The lowest BCUT2D eigenvalue weighted by Crippen LogP contribution is -2.22. The molecular weight excluding hydrogens is 399 g/mol. The van der Waals surface area contributed by atoms with Gasteiger partial charge in [-0.05, 0) is 23.1 Å². The minimum atomic E-state index is -3.68. The predicted molar refractivity (Wildman–Crippen MR) is 116 cm³/mol. The van der Waals surface area contributed by atoms with Gasteiger partial charge in [-0.2, -0.15) is 0 Å². The molecule has 0 bridgehead atoms. The number of carboxylic acids is 1. The van der Waals surface area contributed by atoms with Crippen LogP contribution in [0.5, 0.6) is 0 Å². The molecule has 30 heavy (non-hydrogen) atoms. The van der Waals surface area contributed by atoms with Crippen LogP contribution in [0.3, 0.4) is 0 Å². The highest BCUT2D eigenvalue weighted by Gasteiger charge is 2.33. The molecule has 6 heteroatoms. The van der Waals surface area contributed by atoms with E-state index in [0.29, 0.717) is 0 Å². The Labute approximate surface area is 176 Å². The summed E-state index contributed by atoms with van der Waals surface area (Å²) in [7, 11) is -3.68. The van der Waals surface area contributed by atoms with Gasteiger partial charge in [-0.25, -0.2) is 0 Å². The van der Waals surface area contributed by atoms with Gasteiger partial charge in [0.1, 0.15) is 0 Å². The third-order valence-electron chi connectivity index (χ3n) is 4.66. The lowest BCUT2D eigenvalue weighted by Gasteiger charge is -2.22. The van der Waals surface area contributed by atoms with Crippen molar-refractivity contribution >= 4 is 13.6 Å². The molecule has 1 N–H and O–H groups in total. The fourth-order valence-electron chi connectivity index (χ4n) is 3.04. The predicted octanol–water partition coefficient (Wildman–Crippen LogP) is 5.56. The van der Waals surface area contributed by atoms with Crippen LogP contribution in [0.4, 0.5) is 0 Å². The highest BCUT2D eigenvalue weighted by atomic mass is 31.2. The summed E-state index contributed by atoms with van der Waals surface area (Å²) >= 11 is 0. The van der Waals surface area contributed by atoms with Gasteiger partial charge < -0.3 is 14.2 Å². The maximum absolute atomic E-state index is 13.6. The Bertz CT molecular complexity index is 913. The van der Waals surface area contributed by atoms with Gasteiger partial charge in [-0.1, -0.05) is 91.0 Å². The highest BCUT2D eigenvalue weighted by Crippen LogP contribution is 2.51. The molecule has 1 unspecified atom stereocenters. The fourth-order valence-corrected chi connectivity index (χ4v) is 4.84. The number of hydrogen-bond acceptors (Lipinski definition) is 4. The highest BCUT2D eigenvalue weighted by molar-refractivity contribution is 7.53. The lowest BCUT2D eigenvalue weighted by molar-refractivity contribution is -0.141. The van der Waals surface area contributed by atoms with E-state index in [1.807, 2.05) is 91.0 Å². The number of aliphatic carboxylic acids is 1. The number of rotatable bonds is 11. The zero-order chi connectivity index (χ0) is 21.2. The summed E-state index contributed by atoms with van der Waals surface area (Å²) in [6.07, 6.45) is 0.0560. The molecule has 0 aliphatic rings. The Balaban J connectivity index is 1.75. The molecular formula is C24H25O5P. The molecule has 156 valence electrons. The summed E-state index contributed by atoms with van der Waals surface area (Å²) in [4.78, 5) is 11.9. The van der Waals surface area contributed by atoms with Gasteiger partial charge in [0.25, 0.3) is 0 Å². The minimum absolute atomic E-state index is 0.0879. The molecule has 0 saturated heterocycles. The number of hydrogen-bond donors (Lipinski definition) is 1. The molecule has 0 radical (unpaired) electrons. The molecule has 0 spiro atoms. The monoisotopic (exact) mass is 424 g/mol. The van der Waals surface area contributed by atoms with E-state index in [2.05, 4.69) is 0 Å². The van der Waals surface area contributed by atoms with Crippen LogP contribution in [0, 0.1) is 5.92 Å². The first kappa shape index (κ1) is 22.0. The quantitative estimate of drug-likeness (QED) is 0.408. The molecule has 0 heterocycles. The van der Waals surface area contributed by atoms with Crippen LogP contribution in [0.2, 0.25) is 0 Å². The van der Waals surface area contributed by atoms with E-state index < -0.39 is 19.5 Å². The van der Waals surface area contributed by atoms with E-state index in [4.69, 9.17) is 9.05 Å². The van der Waals surface area contributed by atoms with E-state index >= 15 is 0 Å². The van der Waals surface area contributed by atoms with Crippen LogP contribution < -0.4 is 0 Å². The topological polar surface area (TPSA) is 72.8 Å². The third kappa shape index (κ3) is 6.96. The molecule has 3 aromatic carbocycles. The molecule has 0 aliphatic heterocycles. The van der Waals surface area contributed by atoms with E-state index in [1.165, 1.54) is 0 Å². The Hall–Kier alpha value is -2.72. The van der Waals surface area contributed by atoms with Crippen molar-refractivity contribution in [3.05, 3.63) is 108 Å². The second kappa shape index (κ2) is 10.9. The number of carboxylic acid groups (broad SMARTS) is 1. The molecule has 5 nitrogen and oxygen atoms in total. The average Bonchev–Trinajstić information content (AvgIpc) is 2.78. The van der Waals surface area contributed by atoms with E-state index in [1.54, 1.807) is 0 Å². The van der Waals surface area contributed by atoms with E-state index in [-0.39, 0.29) is 25.8 Å². The maximum atomic E-state index is 13.6. The van der Waals surface area contributed by atoms with Gasteiger partial charge in [-0.3, -0.25) is 9.36 Å². The maximum Gasteiger partial charge on any atom is 0.332 e. The largest absolute Gasteiger partial charge is 0.481 e. The molecule has 1 atom stereocenters. The first-order chi connectivity index (χ1) is 14.5. The van der Waals surface area contributed by atoms with Crippen molar-refractivity contribution in [2.24, 2.45) is 5.92 Å². The van der Waals surface area contributed by atoms with Crippen LogP contribution in [-0.2, 0) is 38.0 Å². The summed E-state index contributed by atoms with van der Waals surface area (Å²) < 4.78 is 25.0. The Morgan fingerprint density at radius 3 is 1.53 bits per heavy atom. The van der Waals surface area contributed by atoms with Crippen molar-refractivity contribution < 1.29 is 23.5 Å².